The number of hydrogen-bond donors (Lipinski definition) is 0. The van der Waals surface area contributed by atoms with Crippen molar-refractivity contribution < 1.29 is 13.2 Å². The minimum atomic E-state index is -4.37. The zero-order valence-corrected chi connectivity index (χ0v) is 9.43. The highest BCUT2D eigenvalue weighted by Crippen LogP contribution is 2.22. The minimum Gasteiger partial charge on any atom is -0.306 e. The summed E-state index contributed by atoms with van der Waals surface area (Å²) in [5.74, 6) is 0. The van der Waals surface area contributed by atoms with Gasteiger partial charge in [-0.15, -0.1) is 0 Å². The Kier molecular flexibility index (Phi) is 3.17. The number of nitrogens with zero attached hydrogens (tertiary/aromatic N) is 1. The Bertz CT molecular complexity index is 426. The van der Waals surface area contributed by atoms with Gasteiger partial charge in [0.2, 0.25) is 0 Å². The van der Waals surface area contributed by atoms with Crippen LogP contribution in [0.3, 0.4) is 0 Å². The van der Waals surface area contributed by atoms with E-state index in [4.69, 9.17) is 0 Å². The van der Waals surface area contributed by atoms with Gasteiger partial charge in [-0.05, 0) is 11.0 Å². The molecule has 0 bridgehead atoms. The van der Waals surface area contributed by atoms with E-state index in [1.54, 1.807) is 6.07 Å². The van der Waals surface area contributed by atoms with Crippen LogP contribution in [0.5, 0.6) is 0 Å². The van der Waals surface area contributed by atoms with Crippen LogP contribution in [0.1, 0.15) is 26.3 Å². The van der Waals surface area contributed by atoms with E-state index < -0.39 is 18.3 Å². The molecule has 0 spiro atoms. The summed E-state index contributed by atoms with van der Waals surface area (Å²) in [6, 6.07) is 2.74. The van der Waals surface area contributed by atoms with Crippen LogP contribution < -0.4 is 5.56 Å². The molecule has 0 aliphatic heterocycles. The van der Waals surface area contributed by atoms with Crippen LogP contribution in [-0.4, -0.2) is 10.7 Å². The Labute approximate surface area is 91.7 Å². The van der Waals surface area contributed by atoms with Gasteiger partial charge in [0.15, 0.2) is 0 Å². The molecule has 0 fully saturated rings. The Morgan fingerprint density at radius 3 is 2.19 bits per heavy atom. The molecule has 5 heteroatoms. The molecule has 0 N–H and O–H groups in total. The fourth-order valence-corrected chi connectivity index (χ4v) is 1.29. The smallest absolute Gasteiger partial charge is 0.306 e. The summed E-state index contributed by atoms with van der Waals surface area (Å²) < 4.78 is 37.3. The van der Waals surface area contributed by atoms with Crippen LogP contribution >= 0.6 is 0 Å². The van der Waals surface area contributed by atoms with Gasteiger partial charge in [-0.2, -0.15) is 13.2 Å². The third kappa shape index (κ3) is 3.40. The predicted molar refractivity (Wildman–Crippen MR) is 55.5 cm³/mol. The first-order valence-electron chi connectivity index (χ1n) is 4.87. The molecular formula is C11H14F3NO. The zero-order chi connectivity index (χ0) is 12.6. The molecule has 0 aliphatic carbocycles. The van der Waals surface area contributed by atoms with Crippen molar-refractivity contribution in [2.24, 2.45) is 0 Å². The lowest BCUT2D eigenvalue weighted by Gasteiger charge is -2.20. The van der Waals surface area contributed by atoms with Gasteiger partial charge in [-0.3, -0.25) is 4.79 Å². The first-order valence-corrected chi connectivity index (χ1v) is 4.87. The monoisotopic (exact) mass is 233 g/mol. The van der Waals surface area contributed by atoms with E-state index in [-0.39, 0.29) is 5.41 Å². The molecule has 90 valence electrons. The van der Waals surface area contributed by atoms with E-state index in [0.29, 0.717) is 10.1 Å². The molecular weight excluding hydrogens is 219 g/mol. The third-order valence-electron chi connectivity index (χ3n) is 2.20. The highest BCUT2D eigenvalue weighted by molar-refractivity contribution is 5.19. The van der Waals surface area contributed by atoms with Crippen LogP contribution in [-0.2, 0) is 12.0 Å². The van der Waals surface area contributed by atoms with Gasteiger partial charge in [-0.1, -0.05) is 26.8 Å². The van der Waals surface area contributed by atoms with Crippen LogP contribution in [0, 0.1) is 0 Å². The molecule has 2 nitrogen and oxygen atoms in total. The van der Waals surface area contributed by atoms with Crippen molar-refractivity contribution in [2.75, 3.05) is 0 Å². The number of rotatable bonds is 1. The third-order valence-corrected chi connectivity index (χ3v) is 2.20. The number of alkyl halides is 3. The van der Waals surface area contributed by atoms with Crippen LogP contribution in [0.15, 0.2) is 23.1 Å². The van der Waals surface area contributed by atoms with E-state index in [1.165, 1.54) is 12.3 Å². The average Bonchev–Trinajstić information content (AvgIpc) is 2.04. The van der Waals surface area contributed by atoms with Gasteiger partial charge in [0.1, 0.15) is 6.54 Å². The normalized spacial score (nSPS) is 12.9. The lowest BCUT2D eigenvalue weighted by molar-refractivity contribution is -0.141. The summed E-state index contributed by atoms with van der Waals surface area (Å²) in [4.78, 5) is 11.2. The number of halogens is 3. The number of pyridine rings is 1. The molecule has 0 saturated carbocycles. The molecule has 1 aromatic heterocycles. The Morgan fingerprint density at radius 2 is 1.75 bits per heavy atom. The summed E-state index contributed by atoms with van der Waals surface area (Å²) in [5, 5.41) is 0. The topological polar surface area (TPSA) is 22.0 Å². The van der Waals surface area contributed by atoms with E-state index >= 15 is 0 Å². The molecule has 0 unspecified atom stereocenters. The van der Waals surface area contributed by atoms with E-state index in [9.17, 15) is 18.0 Å². The van der Waals surface area contributed by atoms with Gasteiger partial charge in [0.25, 0.3) is 5.56 Å². The van der Waals surface area contributed by atoms with Crippen molar-refractivity contribution >= 4 is 0 Å². The van der Waals surface area contributed by atoms with Gasteiger partial charge in [0.05, 0.1) is 0 Å². The van der Waals surface area contributed by atoms with Gasteiger partial charge in [0, 0.05) is 12.3 Å². The maximum absolute atomic E-state index is 12.2. The maximum Gasteiger partial charge on any atom is 0.406 e. The summed E-state index contributed by atoms with van der Waals surface area (Å²) in [5.41, 5.74) is -0.206. The van der Waals surface area contributed by atoms with Crippen molar-refractivity contribution in [3.8, 4) is 0 Å². The zero-order valence-electron chi connectivity index (χ0n) is 9.43. The van der Waals surface area contributed by atoms with Crippen molar-refractivity contribution in [3.63, 3.8) is 0 Å². The van der Waals surface area contributed by atoms with Gasteiger partial charge >= 0.3 is 6.18 Å². The minimum absolute atomic E-state index is 0.277. The molecule has 1 aromatic rings. The second kappa shape index (κ2) is 3.96. The molecule has 1 heterocycles. The summed E-state index contributed by atoms with van der Waals surface area (Å²) >= 11 is 0. The van der Waals surface area contributed by atoms with Crippen molar-refractivity contribution in [1.82, 2.24) is 4.57 Å². The highest BCUT2D eigenvalue weighted by Gasteiger charge is 2.28. The fourth-order valence-electron chi connectivity index (χ4n) is 1.29. The molecule has 0 amide bonds. The highest BCUT2D eigenvalue weighted by atomic mass is 19.4. The second-order valence-electron chi connectivity index (χ2n) is 4.75. The van der Waals surface area contributed by atoms with Crippen molar-refractivity contribution in [1.29, 1.82) is 0 Å². The summed E-state index contributed by atoms with van der Waals surface area (Å²) in [7, 11) is 0. The first-order chi connectivity index (χ1) is 7.09. The number of hydrogen-bond acceptors (Lipinski definition) is 1. The second-order valence-corrected chi connectivity index (χ2v) is 4.75. The van der Waals surface area contributed by atoms with Crippen LogP contribution in [0.2, 0.25) is 0 Å². The average molecular weight is 233 g/mol. The quantitative estimate of drug-likeness (QED) is 0.731. The first kappa shape index (κ1) is 12.8. The Balaban J connectivity index is 3.15. The maximum atomic E-state index is 12.2. The molecule has 0 atom stereocenters. The van der Waals surface area contributed by atoms with Crippen LogP contribution in [0.25, 0.3) is 0 Å². The van der Waals surface area contributed by atoms with E-state index in [0.717, 1.165) is 0 Å². The molecule has 0 aliphatic rings. The molecule has 1 rings (SSSR count). The van der Waals surface area contributed by atoms with Gasteiger partial charge in [-0.25, -0.2) is 0 Å². The van der Waals surface area contributed by atoms with E-state index in [1.807, 2.05) is 20.8 Å². The van der Waals surface area contributed by atoms with E-state index in [2.05, 4.69) is 0 Å². The summed E-state index contributed by atoms with van der Waals surface area (Å²) in [6.07, 6.45) is -3.10. The largest absolute Gasteiger partial charge is 0.406 e. The SMILES string of the molecule is CC(C)(C)c1ccc(=O)n(CC(F)(F)F)c1. The summed E-state index contributed by atoms with van der Waals surface area (Å²) in [6.45, 7) is 4.40. The molecule has 0 radical (unpaired) electrons. The lowest BCUT2D eigenvalue weighted by atomic mass is 9.88. The molecule has 0 saturated heterocycles. The Hall–Kier alpha value is -1.26. The molecule has 16 heavy (non-hydrogen) atoms. The van der Waals surface area contributed by atoms with Gasteiger partial charge < -0.3 is 4.57 Å². The van der Waals surface area contributed by atoms with Crippen molar-refractivity contribution in [2.45, 2.75) is 38.9 Å². The fraction of sp³-hybridized carbons (Fsp3) is 0.545. The van der Waals surface area contributed by atoms with Crippen LogP contribution in [0.4, 0.5) is 13.2 Å². The predicted octanol–water partition coefficient (Wildman–Crippen LogP) is 2.71. The number of aromatic nitrogens is 1. The standard InChI is InChI=1S/C11H14F3NO/c1-10(2,3)8-4-5-9(16)15(6-8)7-11(12,13)14/h4-6H,7H2,1-3H3. The Morgan fingerprint density at radius 1 is 1.19 bits per heavy atom. The lowest BCUT2D eigenvalue weighted by Crippen LogP contribution is -2.29. The molecule has 0 aromatic carbocycles. The van der Waals surface area contributed by atoms with Crippen molar-refractivity contribution in [3.05, 3.63) is 34.2 Å².